The smallest absolute Gasteiger partial charge is 0.209 e. The van der Waals surface area contributed by atoms with E-state index >= 15 is 0 Å². The highest BCUT2D eigenvalue weighted by molar-refractivity contribution is 5.63. The zero-order valence-corrected chi connectivity index (χ0v) is 12.9. The number of methoxy groups -OCH3 is 1. The molecule has 0 radical (unpaired) electrons. The fourth-order valence-corrected chi connectivity index (χ4v) is 5.37. The first-order valence-electron chi connectivity index (χ1n) is 8.15. The van der Waals surface area contributed by atoms with Crippen LogP contribution in [0.15, 0.2) is 24.3 Å². The molecule has 1 amide bonds. The van der Waals surface area contributed by atoms with E-state index in [0.717, 1.165) is 30.8 Å². The van der Waals surface area contributed by atoms with Crippen molar-refractivity contribution in [2.45, 2.75) is 36.5 Å². The summed E-state index contributed by atoms with van der Waals surface area (Å²) in [5.74, 6) is 1.71. The average Bonchev–Trinajstić information content (AvgIpc) is 2.91. The van der Waals surface area contributed by atoms with E-state index in [1.807, 2.05) is 17.0 Å². The fraction of sp³-hybridized carbons (Fsp3) is 0.500. The highest BCUT2D eigenvalue weighted by atomic mass is 16.5. The van der Waals surface area contributed by atoms with E-state index in [0.29, 0.717) is 6.54 Å². The predicted molar refractivity (Wildman–Crippen MR) is 82.6 cm³/mol. The molecule has 4 aliphatic rings. The van der Waals surface area contributed by atoms with Crippen LogP contribution in [0.3, 0.4) is 0 Å². The van der Waals surface area contributed by atoms with Crippen LogP contribution in [0, 0.1) is 5.92 Å². The minimum Gasteiger partial charge on any atom is -0.493 e. The summed E-state index contributed by atoms with van der Waals surface area (Å²) < 4.78 is 11.7. The standard InChI is InChI=1S/C18H19NO4/c1-22-14-5-2-10-8-12-11-3-4-13(21)17-18(11,6-7-19(12)9-20)15(10)16(14)23-17/h2-5,9,11-13,17,21H,6-8H2,1H3/t11-,12-,13-,17+,18-/m0/s1. The Morgan fingerprint density at radius 2 is 2.30 bits per heavy atom. The van der Waals surface area contributed by atoms with Crippen LogP contribution in [0.4, 0.5) is 0 Å². The molecule has 1 spiro atoms. The average molecular weight is 313 g/mol. The largest absolute Gasteiger partial charge is 0.493 e. The third-order valence-corrected chi connectivity index (χ3v) is 6.26. The van der Waals surface area contributed by atoms with Gasteiger partial charge in [-0.15, -0.1) is 0 Å². The molecule has 1 fully saturated rings. The molecule has 0 aromatic heterocycles. The Hall–Kier alpha value is -2.01. The lowest BCUT2D eigenvalue weighted by molar-refractivity contribution is -0.127. The van der Waals surface area contributed by atoms with Crippen LogP contribution < -0.4 is 9.47 Å². The van der Waals surface area contributed by atoms with Crippen LogP contribution >= 0.6 is 0 Å². The van der Waals surface area contributed by atoms with Crippen LogP contribution in [-0.2, 0) is 16.6 Å². The van der Waals surface area contributed by atoms with Crippen LogP contribution in [0.25, 0.3) is 0 Å². The molecule has 1 aromatic rings. The van der Waals surface area contributed by atoms with Gasteiger partial charge in [0.15, 0.2) is 11.5 Å². The number of rotatable bonds is 2. The van der Waals surface area contributed by atoms with Crippen molar-refractivity contribution in [2.24, 2.45) is 5.92 Å². The minimum atomic E-state index is -0.627. The van der Waals surface area contributed by atoms with Crippen LogP contribution in [0.5, 0.6) is 11.5 Å². The molecule has 1 saturated heterocycles. The lowest BCUT2D eigenvalue weighted by atomic mass is 9.53. The summed E-state index contributed by atoms with van der Waals surface area (Å²) in [5.41, 5.74) is 2.19. The summed E-state index contributed by atoms with van der Waals surface area (Å²) in [6.07, 6.45) is 5.62. The number of piperidine rings is 1. The Labute approximate surface area is 134 Å². The molecule has 5 heteroatoms. The lowest BCUT2D eigenvalue weighted by Gasteiger charge is -2.56. The summed E-state index contributed by atoms with van der Waals surface area (Å²) in [6, 6.07) is 4.17. The maximum atomic E-state index is 11.5. The second-order valence-corrected chi connectivity index (χ2v) is 6.98. The van der Waals surface area contributed by atoms with Gasteiger partial charge in [-0.05, 0) is 24.5 Å². The number of carbonyl (C=O) groups excluding carboxylic acids is 1. The third-order valence-electron chi connectivity index (χ3n) is 6.26. The monoisotopic (exact) mass is 313 g/mol. The number of amides is 1. The molecule has 1 N–H and O–H groups in total. The quantitative estimate of drug-likeness (QED) is 0.654. The summed E-state index contributed by atoms with van der Waals surface area (Å²) in [7, 11) is 1.65. The Morgan fingerprint density at radius 3 is 3.09 bits per heavy atom. The van der Waals surface area contributed by atoms with Crippen molar-refractivity contribution in [3.8, 4) is 11.5 Å². The van der Waals surface area contributed by atoms with Crippen molar-refractivity contribution in [1.29, 1.82) is 0 Å². The maximum absolute atomic E-state index is 11.5. The zero-order valence-electron chi connectivity index (χ0n) is 12.9. The van der Waals surface area contributed by atoms with E-state index in [-0.39, 0.29) is 23.5 Å². The molecule has 5 atom stereocenters. The van der Waals surface area contributed by atoms with Crippen molar-refractivity contribution < 1.29 is 19.4 Å². The Kier molecular flexibility index (Phi) is 2.51. The molecule has 1 aromatic carbocycles. The molecule has 2 aliphatic heterocycles. The first-order valence-corrected chi connectivity index (χ1v) is 8.15. The number of hydrogen-bond acceptors (Lipinski definition) is 4. The van der Waals surface area contributed by atoms with E-state index in [2.05, 4.69) is 12.1 Å². The molecular formula is C18H19NO4. The van der Waals surface area contributed by atoms with Gasteiger partial charge in [0.25, 0.3) is 0 Å². The SMILES string of the molecule is COc1ccc2c3c1O[C@@H]1[C@@H](O)C=C[C@H]4[C@H](C2)N(C=O)CC[C@]314. The summed E-state index contributed by atoms with van der Waals surface area (Å²) >= 11 is 0. The van der Waals surface area contributed by atoms with Gasteiger partial charge < -0.3 is 19.5 Å². The van der Waals surface area contributed by atoms with Gasteiger partial charge in [0.05, 0.1) is 7.11 Å². The molecular weight excluding hydrogens is 294 g/mol. The highest BCUT2D eigenvalue weighted by Gasteiger charge is 2.64. The van der Waals surface area contributed by atoms with Gasteiger partial charge in [0.1, 0.15) is 12.2 Å². The number of aliphatic hydroxyl groups excluding tert-OH is 1. The summed E-state index contributed by atoms with van der Waals surface area (Å²) in [4.78, 5) is 13.4. The molecule has 2 bridgehead atoms. The first-order chi connectivity index (χ1) is 11.2. The van der Waals surface area contributed by atoms with Gasteiger partial charge >= 0.3 is 0 Å². The van der Waals surface area contributed by atoms with Crippen molar-refractivity contribution >= 4 is 6.41 Å². The molecule has 5 nitrogen and oxygen atoms in total. The Bertz CT molecular complexity index is 730. The van der Waals surface area contributed by atoms with E-state index in [4.69, 9.17) is 9.47 Å². The number of hydrogen-bond donors (Lipinski definition) is 1. The third kappa shape index (κ3) is 1.40. The van der Waals surface area contributed by atoms with E-state index in [1.54, 1.807) is 7.11 Å². The summed E-state index contributed by atoms with van der Waals surface area (Å²) in [6.45, 7) is 0.710. The topological polar surface area (TPSA) is 59.0 Å². The van der Waals surface area contributed by atoms with Crippen molar-refractivity contribution in [3.63, 3.8) is 0 Å². The molecule has 0 unspecified atom stereocenters. The second kappa shape index (κ2) is 4.29. The van der Waals surface area contributed by atoms with Gasteiger partial charge in [-0.3, -0.25) is 4.79 Å². The molecule has 0 saturated carbocycles. The molecule has 5 rings (SSSR count). The first kappa shape index (κ1) is 13.4. The Balaban J connectivity index is 1.80. The lowest BCUT2D eigenvalue weighted by Crippen LogP contribution is -2.65. The van der Waals surface area contributed by atoms with Gasteiger partial charge in [-0.2, -0.15) is 0 Å². The van der Waals surface area contributed by atoms with Crippen LogP contribution in [0.1, 0.15) is 17.5 Å². The minimum absolute atomic E-state index is 0.142. The molecule has 2 aliphatic carbocycles. The van der Waals surface area contributed by atoms with Gasteiger partial charge in [-0.1, -0.05) is 18.2 Å². The number of carbonyl (C=O) groups is 1. The number of benzene rings is 1. The van der Waals surface area contributed by atoms with Crippen LogP contribution in [0.2, 0.25) is 0 Å². The predicted octanol–water partition coefficient (Wildman–Crippen LogP) is 1.03. The second-order valence-electron chi connectivity index (χ2n) is 6.98. The Morgan fingerprint density at radius 1 is 1.43 bits per heavy atom. The van der Waals surface area contributed by atoms with E-state index in [1.165, 1.54) is 11.1 Å². The van der Waals surface area contributed by atoms with Gasteiger partial charge in [-0.25, -0.2) is 0 Å². The normalized spacial score (nSPS) is 38.8. The summed E-state index contributed by atoms with van der Waals surface area (Å²) in [5, 5.41) is 10.5. The van der Waals surface area contributed by atoms with E-state index < -0.39 is 6.10 Å². The van der Waals surface area contributed by atoms with E-state index in [9.17, 15) is 9.90 Å². The van der Waals surface area contributed by atoms with Crippen molar-refractivity contribution in [1.82, 2.24) is 4.90 Å². The van der Waals surface area contributed by atoms with Crippen molar-refractivity contribution in [3.05, 3.63) is 35.4 Å². The highest BCUT2D eigenvalue weighted by Crippen LogP contribution is 2.62. The zero-order chi connectivity index (χ0) is 15.8. The number of ether oxygens (including phenoxy) is 2. The number of nitrogens with zero attached hydrogens (tertiary/aromatic N) is 1. The fourth-order valence-electron chi connectivity index (χ4n) is 5.37. The van der Waals surface area contributed by atoms with Crippen LogP contribution in [-0.4, -0.2) is 48.3 Å². The number of aliphatic hydroxyl groups is 1. The van der Waals surface area contributed by atoms with Crippen molar-refractivity contribution in [2.75, 3.05) is 13.7 Å². The molecule has 2 heterocycles. The molecule has 120 valence electrons. The maximum Gasteiger partial charge on any atom is 0.209 e. The molecule has 23 heavy (non-hydrogen) atoms. The number of likely N-dealkylation sites (tertiary alicyclic amines) is 1. The van der Waals surface area contributed by atoms with Gasteiger partial charge in [0.2, 0.25) is 6.41 Å². The van der Waals surface area contributed by atoms with Gasteiger partial charge in [0, 0.05) is 29.5 Å².